The summed E-state index contributed by atoms with van der Waals surface area (Å²) >= 11 is 0. The number of benzene rings is 1. The first-order valence-corrected chi connectivity index (χ1v) is 11.4. The van der Waals surface area contributed by atoms with Crippen molar-refractivity contribution in [2.75, 3.05) is 40.3 Å². The second-order valence-electron chi connectivity index (χ2n) is 8.96. The number of hydrogen-bond acceptors (Lipinski definition) is 5. The molecule has 0 N–H and O–H groups in total. The van der Waals surface area contributed by atoms with Gasteiger partial charge in [-0.25, -0.2) is 4.68 Å². The summed E-state index contributed by atoms with van der Waals surface area (Å²) in [6.45, 7) is 3.77. The predicted octanol–water partition coefficient (Wildman–Crippen LogP) is 5.15. The van der Waals surface area contributed by atoms with Gasteiger partial charge in [-0.2, -0.15) is 18.3 Å². The molecule has 0 bridgehead atoms. The highest BCUT2D eigenvalue weighted by Crippen LogP contribution is 2.43. The Hall–Kier alpha value is -3.04. The van der Waals surface area contributed by atoms with Crippen molar-refractivity contribution in [2.24, 2.45) is 0 Å². The summed E-state index contributed by atoms with van der Waals surface area (Å²) in [7, 11) is 4.24. The SMILES string of the molecule is CN(C)C1CCN(CCCOc2ccc(-n3nc(C(F)(F)F)c4c5occcc-5cc43)cc2)C1. The summed E-state index contributed by atoms with van der Waals surface area (Å²) < 4.78 is 53.7. The van der Waals surface area contributed by atoms with Gasteiger partial charge in [-0.1, -0.05) is 0 Å². The largest absolute Gasteiger partial charge is 0.494 e. The van der Waals surface area contributed by atoms with E-state index < -0.39 is 11.9 Å². The highest BCUT2D eigenvalue weighted by Gasteiger charge is 2.39. The Balaban J connectivity index is 1.28. The van der Waals surface area contributed by atoms with Crippen LogP contribution in [-0.4, -0.2) is 66.0 Å². The maximum atomic E-state index is 13.7. The third-order valence-electron chi connectivity index (χ3n) is 6.46. The molecule has 1 atom stereocenters. The molecule has 1 unspecified atom stereocenters. The van der Waals surface area contributed by atoms with Crippen LogP contribution in [0.5, 0.6) is 5.75 Å². The molecule has 180 valence electrons. The van der Waals surface area contributed by atoms with Gasteiger partial charge in [-0.3, -0.25) is 0 Å². The van der Waals surface area contributed by atoms with Crippen LogP contribution >= 0.6 is 0 Å². The monoisotopic (exact) mass is 472 g/mol. The predicted molar refractivity (Wildman–Crippen MR) is 124 cm³/mol. The van der Waals surface area contributed by atoms with Gasteiger partial charge >= 0.3 is 6.18 Å². The Morgan fingerprint density at radius 3 is 2.68 bits per heavy atom. The molecular weight excluding hydrogens is 445 g/mol. The highest BCUT2D eigenvalue weighted by atomic mass is 19.4. The molecule has 3 aliphatic rings. The van der Waals surface area contributed by atoms with E-state index in [0.717, 1.165) is 26.1 Å². The topological polar surface area (TPSA) is 46.7 Å². The Bertz CT molecular complexity index is 1230. The van der Waals surface area contributed by atoms with Crippen LogP contribution in [0.25, 0.3) is 27.9 Å². The van der Waals surface area contributed by atoms with Crippen molar-refractivity contribution in [1.29, 1.82) is 0 Å². The van der Waals surface area contributed by atoms with Crippen LogP contribution in [0.15, 0.2) is 53.1 Å². The molecular formula is C25H27F3N4O2. The minimum Gasteiger partial charge on any atom is -0.494 e. The van der Waals surface area contributed by atoms with Gasteiger partial charge in [-0.15, -0.1) is 0 Å². The lowest BCUT2D eigenvalue weighted by atomic mass is 10.2. The summed E-state index contributed by atoms with van der Waals surface area (Å²) in [6.07, 6.45) is -1.11. The molecule has 5 rings (SSSR count). The van der Waals surface area contributed by atoms with Gasteiger partial charge in [0.2, 0.25) is 0 Å². The van der Waals surface area contributed by atoms with Gasteiger partial charge in [0.05, 0.1) is 29.5 Å². The molecule has 0 radical (unpaired) electrons. The first kappa shape index (κ1) is 22.7. The molecule has 1 saturated heterocycles. The molecule has 9 heteroatoms. The van der Waals surface area contributed by atoms with Crippen LogP contribution in [0.1, 0.15) is 18.5 Å². The van der Waals surface area contributed by atoms with E-state index in [-0.39, 0.29) is 11.1 Å². The lowest BCUT2D eigenvalue weighted by Gasteiger charge is -2.20. The molecule has 3 heterocycles. The van der Waals surface area contributed by atoms with E-state index >= 15 is 0 Å². The van der Waals surface area contributed by atoms with E-state index in [1.807, 2.05) is 0 Å². The van der Waals surface area contributed by atoms with E-state index in [1.165, 1.54) is 17.4 Å². The molecule has 34 heavy (non-hydrogen) atoms. The van der Waals surface area contributed by atoms with Gasteiger partial charge in [0.25, 0.3) is 0 Å². The number of halogens is 3. The number of aromatic nitrogens is 2. The Kier molecular flexibility index (Phi) is 5.99. The fourth-order valence-electron chi connectivity index (χ4n) is 4.64. The number of fused-ring (bicyclic) bond motifs is 3. The number of nitrogens with zero attached hydrogens (tertiary/aromatic N) is 4. The van der Waals surface area contributed by atoms with Crippen LogP contribution < -0.4 is 4.74 Å². The van der Waals surface area contributed by atoms with E-state index in [9.17, 15) is 13.2 Å². The third kappa shape index (κ3) is 4.37. The number of likely N-dealkylation sites (tertiary alicyclic amines) is 1. The van der Waals surface area contributed by atoms with E-state index in [4.69, 9.17) is 9.15 Å². The minimum atomic E-state index is -4.60. The minimum absolute atomic E-state index is 0.0261. The fraction of sp³-hybridized carbons (Fsp3) is 0.400. The molecule has 1 fully saturated rings. The highest BCUT2D eigenvalue weighted by molar-refractivity contribution is 6.00. The number of rotatable bonds is 7. The summed E-state index contributed by atoms with van der Waals surface area (Å²) in [6, 6.07) is 12.6. The Morgan fingerprint density at radius 2 is 1.97 bits per heavy atom. The average Bonchev–Trinajstić information content (AvgIpc) is 3.51. The van der Waals surface area contributed by atoms with Gasteiger partial charge < -0.3 is 19.0 Å². The number of hydrogen-bond donors (Lipinski definition) is 0. The van der Waals surface area contributed by atoms with E-state index in [1.54, 1.807) is 42.5 Å². The van der Waals surface area contributed by atoms with Crippen LogP contribution in [-0.2, 0) is 6.18 Å². The summed E-state index contributed by atoms with van der Waals surface area (Å²) in [5.74, 6) is 0.865. The summed E-state index contributed by atoms with van der Waals surface area (Å²) in [4.78, 5) is 4.73. The second-order valence-corrected chi connectivity index (χ2v) is 8.96. The van der Waals surface area contributed by atoms with Crippen molar-refractivity contribution in [2.45, 2.75) is 25.1 Å². The lowest BCUT2D eigenvalue weighted by molar-refractivity contribution is -0.140. The third-order valence-corrected chi connectivity index (χ3v) is 6.46. The lowest BCUT2D eigenvalue weighted by Crippen LogP contribution is -2.32. The van der Waals surface area contributed by atoms with Gasteiger partial charge in [0, 0.05) is 24.7 Å². The van der Waals surface area contributed by atoms with Crippen molar-refractivity contribution >= 4 is 10.9 Å². The van der Waals surface area contributed by atoms with Crippen LogP contribution in [0, 0.1) is 0 Å². The molecule has 0 amide bonds. The van der Waals surface area contributed by atoms with Crippen LogP contribution in [0.2, 0.25) is 0 Å². The molecule has 0 saturated carbocycles. The smallest absolute Gasteiger partial charge is 0.435 e. The quantitative estimate of drug-likeness (QED) is 0.348. The van der Waals surface area contributed by atoms with Crippen molar-refractivity contribution in [1.82, 2.24) is 19.6 Å². The Morgan fingerprint density at radius 1 is 1.18 bits per heavy atom. The molecule has 2 aromatic rings. The molecule has 1 aromatic carbocycles. The molecule has 6 nitrogen and oxygen atoms in total. The first-order chi connectivity index (χ1) is 16.3. The zero-order chi connectivity index (χ0) is 23.9. The van der Waals surface area contributed by atoms with Gasteiger partial charge in [-0.05, 0) is 75.9 Å². The zero-order valence-corrected chi connectivity index (χ0v) is 19.2. The van der Waals surface area contributed by atoms with Crippen molar-refractivity contribution < 1.29 is 22.3 Å². The summed E-state index contributed by atoms with van der Waals surface area (Å²) in [5.41, 5.74) is 0.526. The number of likely N-dealkylation sites (N-methyl/N-ethyl adjacent to an activating group) is 1. The Labute approximate surface area is 195 Å². The second kappa shape index (κ2) is 8.96. The number of ether oxygens (including phenoxy) is 1. The fourth-order valence-corrected chi connectivity index (χ4v) is 4.64. The maximum Gasteiger partial charge on any atom is 0.435 e. The number of alkyl halides is 3. The maximum absolute atomic E-state index is 13.7. The van der Waals surface area contributed by atoms with Crippen molar-refractivity contribution in [3.63, 3.8) is 0 Å². The van der Waals surface area contributed by atoms with E-state index in [2.05, 4.69) is 29.0 Å². The average molecular weight is 473 g/mol. The van der Waals surface area contributed by atoms with Gasteiger partial charge in [0.15, 0.2) is 5.69 Å². The van der Waals surface area contributed by atoms with E-state index in [0.29, 0.717) is 35.2 Å². The first-order valence-electron chi connectivity index (χ1n) is 11.4. The van der Waals surface area contributed by atoms with Crippen molar-refractivity contribution in [3.05, 3.63) is 54.4 Å². The zero-order valence-electron chi connectivity index (χ0n) is 19.2. The van der Waals surface area contributed by atoms with Crippen LogP contribution in [0.3, 0.4) is 0 Å². The van der Waals surface area contributed by atoms with Crippen LogP contribution in [0.4, 0.5) is 13.2 Å². The summed E-state index contributed by atoms with van der Waals surface area (Å²) in [5, 5.41) is 3.86. The molecule has 1 aliphatic carbocycles. The molecule has 0 spiro atoms. The van der Waals surface area contributed by atoms with Crippen molar-refractivity contribution in [3.8, 4) is 22.8 Å². The standard InChI is InChI=1S/C25H27F3N4O2/c1-30(2)19-10-12-31(16-19)11-4-14-33-20-8-6-18(7-9-20)32-21-15-17-5-3-13-34-23(17)22(21)24(29-32)25(26,27)28/h3,5-9,13,15,19H,4,10-12,14,16H2,1-2H3. The molecule has 2 aliphatic heterocycles. The normalized spacial score (nSPS) is 17.4. The van der Waals surface area contributed by atoms with Gasteiger partial charge in [0.1, 0.15) is 11.5 Å². The molecule has 1 aromatic heterocycles.